The zero-order valence-electron chi connectivity index (χ0n) is 11.9. The zero-order chi connectivity index (χ0) is 14.1. The maximum Gasteiger partial charge on any atom is 0.134 e. The fourth-order valence-corrected chi connectivity index (χ4v) is 4.74. The smallest absolute Gasteiger partial charge is 0.134 e. The summed E-state index contributed by atoms with van der Waals surface area (Å²) < 4.78 is 6.11. The van der Waals surface area contributed by atoms with Gasteiger partial charge in [0.1, 0.15) is 11.5 Å². The van der Waals surface area contributed by atoms with Crippen molar-refractivity contribution in [1.29, 1.82) is 0 Å². The molecule has 0 saturated carbocycles. The van der Waals surface area contributed by atoms with Crippen LogP contribution >= 0.6 is 11.8 Å². The normalized spacial score (nSPS) is 23.7. The van der Waals surface area contributed by atoms with E-state index >= 15 is 0 Å². The van der Waals surface area contributed by atoms with Gasteiger partial charge in [0.2, 0.25) is 0 Å². The molecule has 0 amide bonds. The highest BCUT2D eigenvalue weighted by Gasteiger charge is 2.30. The van der Waals surface area contributed by atoms with E-state index in [1.165, 1.54) is 30.4 Å². The van der Waals surface area contributed by atoms with Crippen molar-refractivity contribution in [2.24, 2.45) is 0 Å². The van der Waals surface area contributed by atoms with Crippen molar-refractivity contribution in [2.45, 2.75) is 29.8 Å². The Kier molecular flexibility index (Phi) is 3.48. The lowest BCUT2D eigenvalue weighted by Gasteiger charge is -2.21. The highest BCUT2D eigenvalue weighted by atomic mass is 32.2. The van der Waals surface area contributed by atoms with Gasteiger partial charge < -0.3 is 4.74 Å². The highest BCUT2D eigenvalue weighted by molar-refractivity contribution is 8.01. The molecule has 2 aromatic carbocycles. The average molecular weight is 294 g/mol. The number of fused-ring (bicyclic) bond motifs is 2. The summed E-state index contributed by atoms with van der Waals surface area (Å²) in [6, 6.07) is 18.5. The van der Waals surface area contributed by atoms with E-state index in [1.807, 2.05) is 30.3 Å². The molecule has 0 aromatic heterocycles. The van der Waals surface area contributed by atoms with Crippen LogP contribution in [-0.4, -0.2) is 10.5 Å². The van der Waals surface area contributed by atoms with Crippen molar-refractivity contribution in [1.82, 2.24) is 0 Å². The molecule has 0 aliphatic carbocycles. The fraction of sp³-hybridized carbons (Fsp3) is 0.263. The lowest BCUT2D eigenvalue weighted by Crippen LogP contribution is -2.06. The van der Waals surface area contributed by atoms with Crippen molar-refractivity contribution in [3.8, 4) is 11.5 Å². The summed E-state index contributed by atoms with van der Waals surface area (Å²) in [7, 11) is 0. The molecule has 2 aliphatic heterocycles. The van der Waals surface area contributed by atoms with Gasteiger partial charge in [-0.25, -0.2) is 0 Å². The van der Waals surface area contributed by atoms with E-state index in [9.17, 15) is 0 Å². The number of rotatable bonds is 3. The van der Waals surface area contributed by atoms with Crippen LogP contribution in [0.1, 0.15) is 24.8 Å². The summed E-state index contributed by atoms with van der Waals surface area (Å²) in [6.45, 7) is 0. The highest BCUT2D eigenvalue weighted by Crippen LogP contribution is 2.46. The second-order valence-corrected chi connectivity index (χ2v) is 7.23. The van der Waals surface area contributed by atoms with Gasteiger partial charge in [0.15, 0.2) is 0 Å². The van der Waals surface area contributed by atoms with Crippen molar-refractivity contribution >= 4 is 17.3 Å². The Morgan fingerprint density at radius 2 is 1.71 bits per heavy atom. The molecule has 1 saturated heterocycles. The molecule has 0 N–H and O–H groups in total. The molecule has 2 bridgehead atoms. The number of hydrogen-bond donors (Lipinski definition) is 0. The third kappa shape index (κ3) is 2.73. The number of hydrogen-bond acceptors (Lipinski definition) is 2. The molecular weight excluding hydrogens is 276 g/mol. The zero-order valence-corrected chi connectivity index (χ0v) is 12.7. The topological polar surface area (TPSA) is 9.23 Å². The van der Waals surface area contributed by atoms with Crippen LogP contribution in [0, 0.1) is 0 Å². The monoisotopic (exact) mass is 294 g/mol. The molecule has 1 nitrogen and oxygen atoms in total. The van der Waals surface area contributed by atoms with Crippen LogP contribution in [0.3, 0.4) is 0 Å². The van der Waals surface area contributed by atoms with Gasteiger partial charge in [-0.1, -0.05) is 42.5 Å². The van der Waals surface area contributed by atoms with Crippen LogP contribution < -0.4 is 4.74 Å². The third-order valence-electron chi connectivity index (χ3n) is 4.18. The second kappa shape index (κ2) is 5.61. The largest absolute Gasteiger partial charge is 0.457 e. The number of thioether (sulfide) groups is 1. The molecule has 0 spiro atoms. The van der Waals surface area contributed by atoms with Gasteiger partial charge in [-0.15, -0.1) is 0 Å². The van der Waals surface area contributed by atoms with Crippen LogP contribution in [0.15, 0.2) is 60.7 Å². The van der Waals surface area contributed by atoms with Gasteiger partial charge in [-0.05, 0) is 43.0 Å². The molecule has 21 heavy (non-hydrogen) atoms. The van der Waals surface area contributed by atoms with Crippen molar-refractivity contribution in [3.05, 3.63) is 66.2 Å². The van der Waals surface area contributed by atoms with Gasteiger partial charge in [0.05, 0.1) is 0 Å². The average Bonchev–Trinajstić information content (AvgIpc) is 2.87. The summed E-state index contributed by atoms with van der Waals surface area (Å²) in [5.41, 5.74) is 2.73. The molecule has 106 valence electrons. The van der Waals surface area contributed by atoms with Crippen molar-refractivity contribution in [3.63, 3.8) is 0 Å². The number of allylic oxidation sites excluding steroid dienone is 1. The Morgan fingerprint density at radius 1 is 0.905 bits per heavy atom. The first kappa shape index (κ1) is 13.0. The molecule has 1 fully saturated rings. The van der Waals surface area contributed by atoms with Crippen LogP contribution in [0.5, 0.6) is 11.5 Å². The summed E-state index contributed by atoms with van der Waals surface area (Å²) >= 11 is 2.14. The van der Waals surface area contributed by atoms with E-state index in [4.69, 9.17) is 4.74 Å². The van der Waals surface area contributed by atoms with E-state index < -0.39 is 0 Å². The van der Waals surface area contributed by atoms with Gasteiger partial charge >= 0.3 is 0 Å². The Balaban J connectivity index is 1.67. The SMILES string of the molecule is C1=C(c2ccccc2Oc2ccccc2)CC2CCC1S2. The Hall–Kier alpha value is -1.67. The lowest BCUT2D eigenvalue weighted by molar-refractivity contribution is 0.481. The quantitative estimate of drug-likeness (QED) is 0.736. The molecule has 2 heteroatoms. The predicted octanol–water partition coefficient (Wildman–Crippen LogP) is 5.53. The van der Waals surface area contributed by atoms with E-state index in [0.29, 0.717) is 5.25 Å². The fourth-order valence-electron chi connectivity index (χ4n) is 3.18. The molecule has 2 aliphatic rings. The van der Waals surface area contributed by atoms with Crippen LogP contribution in [-0.2, 0) is 0 Å². The molecule has 4 rings (SSSR count). The van der Waals surface area contributed by atoms with Gasteiger partial charge in [0.25, 0.3) is 0 Å². The first-order valence-electron chi connectivity index (χ1n) is 7.57. The minimum atomic E-state index is 0.712. The van der Waals surface area contributed by atoms with Crippen molar-refractivity contribution in [2.75, 3.05) is 0 Å². The molecule has 2 heterocycles. The van der Waals surface area contributed by atoms with Crippen LogP contribution in [0.4, 0.5) is 0 Å². The van der Waals surface area contributed by atoms with E-state index in [1.54, 1.807) is 0 Å². The minimum absolute atomic E-state index is 0.712. The summed E-state index contributed by atoms with van der Waals surface area (Å²) in [4.78, 5) is 0. The van der Waals surface area contributed by atoms with Gasteiger partial charge in [-0.2, -0.15) is 11.8 Å². The lowest BCUT2D eigenvalue weighted by atomic mass is 10.00. The van der Waals surface area contributed by atoms with Crippen molar-refractivity contribution < 1.29 is 4.74 Å². The van der Waals surface area contributed by atoms with Gasteiger partial charge in [0, 0.05) is 16.1 Å². The molecule has 2 aromatic rings. The third-order valence-corrected chi connectivity index (χ3v) is 5.69. The predicted molar refractivity (Wildman–Crippen MR) is 90.0 cm³/mol. The van der Waals surface area contributed by atoms with Gasteiger partial charge in [-0.3, -0.25) is 0 Å². The second-order valence-electron chi connectivity index (χ2n) is 5.68. The van der Waals surface area contributed by atoms with E-state index in [2.05, 4.69) is 42.1 Å². The minimum Gasteiger partial charge on any atom is -0.457 e. The summed E-state index contributed by atoms with van der Waals surface area (Å²) in [5.74, 6) is 1.87. The molecule has 2 unspecified atom stereocenters. The number of ether oxygens (including phenoxy) is 1. The first-order chi connectivity index (χ1) is 10.4. The number of para-hydroxylation sites is 2. The number of benzene rings is 2. The van der Waals surface area contributed by atoms with Crippen LogP contribution in [0.2, 0.25) is 0 Å². The molecule has 0 radical (unpaired) electrons. The van der Waals surface area contributed by atoms with E-state index in [-0.39, 0.29) is 0 Å². The summed E-state index contributed by atoms with van der Waals surface area (Å²) in [6.07, 6.45) is 6.33. The molecular formula is C19H18OS. The Bertz CT molecular complexity index is 662. The summed E-state index contributed by atoms with van der Waals surface area (Å²) in [5, 5.41) is 1.52. The molecule has 2 atom stereocenters. The standard InChI is InChI=1S/C19H18OS/c1-2-6-15(7-3-1)20-19-9-5-4-8-18(19)14-12-16-10-11-17(13-14)21-16/h1-9,12,16-17H,10-11,13H2. The maximum absolute atomic E-state index is 6.11. The Morgan fingerprint density at radius 3 is 2.57 bits per heavy atom. The maximum atomic E-state index is 6.11. The van der Waals surface area contributed by atoms with Crippen LogP contribution in [0.25, 0.3) is 5.57 Å². The van der Waals surface area contributed by atoms with E-state index in [0.717, 1.165) is 16.7 Å². The first-order valence-corrected chi connectivity index (χ1v) is 8.51. The Labute approximate surface area is 130 Å².